The van der Waals surface area contributed by atoms with Gasteiger partial charge in [0.2, 0.25) is 5.91 Å². The molecule has 2 rings (SSSR count). The van der Waals surface area contributed by atoms with Crippen LogP contribution in [0.1, 0.15) is 12.8 Å². The van der Waals surface area contributed by atoms with Gasteiger partial charge in [0.15, 0.2) is 0 Å². The second-order valence-electron chi connectivity index (χ2n) is 4.88. The number of amides is 1. The molecule has 0 saturated heterocycles. The lowest BCUT2D eigenvalue weighted by Gasteiger charge is -2.07. The van der Waals surface area contributed by atoms with Crippen LogP contribution in [0.4, 0.5) is 11.4 Å². The number of hydrogen-bond acceptors (Lipinski definition) is 4. The SMILES string of the molecule is O=C(CCCSc1ccc(Cl)cc1)Nc1cc([N+](=O)[O-])ccc1Cl. The first-order valence-electron chi connectivity index (χ1n) is 7.08. The number of benzene rings is 2. The van der Waals surface area contributed by atoms with Gasteiger partial charge in [0.25, 0.3) is 5.69 Å². The first-order chi connectivity index (χ1) is 11.5. The van der Waals surface area contributed by atoms with Gasteiger partial charge in [-0.15, -0.1) is 11.8 Å². The van der Waals surface area contributed by atoms with E-state index in [1.165, 1.54) is 18.2 Å². The van der Waals surface area contributed by atoms with E-state index in [1.54, 1.807) is 11.8 Å². The average molecular weight is 385 g/mol. The van der Waals surface area contributed by atoms with Gasteiger partial charge in [-0.25, -0.2) is 0 Å². The quantitative estimate of drug-likeness (QED) is 0.299. The van der Waals surface area contributed by atoms with Gasteiger partial charge in [-0.2, -0.15) is 0 Å². The Hall–Kier alpha value is -1.76. The van der Waals surface area contributed by atoms with E-state index >= 15 is 0 Å². The lowest BCUT2D eigenvalue weighted by molar-refractivity contribution is -0.384. The molecule has 2 aromatic carbocycles. The predicted molar refractivity (Wildman–Crippen MR) is 98.1 cm³/mol. The highest BCUT2D eigenvalue weighted by Crippen LogP contribution is 2.27. The molecule has 0 aliphatic rings. The van der Waals surface area contributed by atoms with Crippen LogP contribution in [0.2, 0.25) is 10.0 Å². The van der Waals surface area contributed by atoms with Crippen molar-refractivity contribution in [3.8, 4) is 0 Å². The molecule has 2 aromatic rings. The predicted octanol–water partition coefficient (Wildman–Crippen LogP) is 5.41. The summed E-state index contributed by atoms with van der Waals surface area (Å²) >= 11 is 13.4. The Kier molecular flexibility index (Phi) is 6.90. The summed E-state index contributed by atoms with van der Waals surface area (Å²) in [5.41, 5.74) is 0.134. The standard InChI is InChI=1S/C16H14Cl2N2O3S/c17-11-3-6-13(7-4-11)24-9-1-2-16(21)19-15-10-12(20(22)23)5-8-14(15)18/h3-8,10H,1-2,9H2,(H,19,21). The third kappa shape index (κ3) is 5.70. The van der Waals surface area contributed by atoms with Crippen molar-refractivity contribution in [2.75, 3.05) is 11.1 Å². The monoisotopic (exact) mass is 384 g/mol. The Morgan fingerprint density at radius 2 is 1.88 bits per heavy atom. The number of thioether (sulfide) groups is 1. The maximum absolute atomic E-state index is 11.9. The van der Waals surface area contributed by atoms with Crippen LogP contribution < -0.4 is 5.32 Å². The van der Waals surface area contributed by atoms with Gasteiger partial charge in [0.05, 0.1) is 15.6 Å². The molecule has 0 atom stereocenters. The molecule has 0 saturated carbocycles. The largest absolute Gasteiger partial charge is 0.325 e. The topological polar surface area (TPSA) is 72.2 Å². The van der Waals surface area contributed by atoms with Crippen molar-refractivity contribution in [3.63, 3.8) is 0 Å². The second-order valence-corrected chi connectivity index (χ2v) is 6.89. The zero-order valence-corrected chi connectivity index (χ0v) is 14.8. The fraction of sp³-hybridized carbons (Fsp3) is 0.188. The van der Waals surface area contributed by atoms with Gasteiger partial charge < -0.3 is 5.32 Å². The van der Waals surface area contributed by atoms with Crippen molar-refractivity contribution < 1.29 is 9.72 Å². The van der Waals surface area contributed by atoms with Crippen LogP contribution in [0.3, 0.4) is 0 Å². The summed E-state index contributed by atoms with van der Waals surface area (Å²) in [5, 5.41) is 14.3. The summed E-state index contributed by atoms with van der Waals surface area (Å²) < 4.78 is 0. The molecule has 0 heterocycles. The van der Waals surface area contributed by atoms with Crippen LogP contribution in [0, 0.1) is 10.1 Å². The number of nitro groups is 1. The third-order valence-electron chi connectivity index (χ3n) is 3.07. The van der Waals surface area contributed by atoms with E-state index in [2.05, 4.69) is 5.32 Å². The number of nitro benzene ring substituents is 1. The molecule has 0 fully saturated rings. The van der Waals surface area contributed by atoms with Crippen LogP contribution in [0.15, 0.2) is 47.4 Å². The first-order valence-corrected chi connectivity index (χ1v) is 8.82. The average Bonchev–Trinajstić information content (AvgIpc) is 2.55. The van der Waals surface area contributed by atoms with Crippen molar-refractivity contribution in [1.29, 1.82) is 0 Å². The molecule has 0 aliphatic carbocycles. The molecule has 0 radical (unpaired) electrons. The van der Waals surface area contributed by atoms with Gasteiger partial charge in [-0.1, -0.05) is 23.2 Å². The summed E-state index contributed by atoms with van der Waals surface area (Å²) in [5.74, 6) is 0.548. The van der Waals surface area contributed by atoms with Crippen LogP contribution >= 0.6 is 35.0 Å². The molecule has 5 nitrogen and oxygen atoms in total. The molecular formula is C16H14Cl2N2O3S. The van der Waals surface area contributed by atoms with E-state index in [0.717, 1.165) is 10.6 Å². The number of rotatable bonds is 7. The Balaban J connectivity index is 1.80. The van der Waals surface area contributed by atoms with Gasteiger partial charge in [0.1, 0.15) is 0 Å². The highest BCUT2D eigenvalue weighted by Gasteiger charge is 2.12. The number of hydrogen-bond donors (Lipinski definition) is 1. The van der Waals surface area contributed by atoms with Crippen LogP contribution in [0.5, 0.6) is 0 Å². The normalized spacial score (nSPS) is 10.4. The molecule has 24 heavy (non-hydrogen) atoms. The molecule has 1 N–H and O–H groups in total. The number of carbonyl (C=O) groups excluding carboxylic acids is 1. The van der Waals surface area contributed by atoms with Crippen molar-refractivity contribution in [1.82, 2.24) is 0 Å². The Morgan fingerprint density at radius 1 is 1.17 bits per heavy atom. The molecular weight excluding hydrogens is 371 g/mol. The van der Waals surface area contributed by atoms with Crippen molar-refractivity contribution in [2.24, 2.45) is 0 Å². The second kappa shape index (κ2) is 8.92. The van der Waals surface area contributed by atoms with Gasteiger partial charge >= 0.3 is 0 Å². The van der Waals surface area contributed by atoms with Gasteiger partial charge in [-0.05, 0) is 42.5 Å². The maximum atomic E-state index is 11.9. The number of halogens is 2. The van der Waals surface area contributed by atoms with E-state index in [9.17, 15) is 14.9 Å². The Labute approximate surface area is 153 Å². The summed E-state index contributed by atoms with van der Waals surface area (Å²) in [6.45, 7) is 0. The number of non-ortho nitro benzene ring substituents is 1. The molecule has 0 bridgehead atoms. The van der Waals surface area contributed by atoms with Gasteiger partial charge in [-0.3, -0.25) is 14.9 Å². The summed E-state index contributed by atoms with van der Waals surface area (Å²) in [6, 6.07) is 11.4. The van der Waals surface area contributed by atoms with E-state index in [4.69, 9.17) is 23.2 Å². The van der Waals surface area contributed by atoms with Gasteiger partial charge in [0, 0.05) is 28.5 Å². The number of carbonyl (C=O) groups is 1. The number of nitrogens with one attached hydrogen (secondary N) is 1. The van der Waals surface area contributed by atoms with Crippen LogP contribution in [-0.4, -0.2) is 16.6 Å². The first kappa shape index (κ1) is 18.6. The Bertz CT molecular complexity index is 739. The molecule has 8 heteroatoms. The van der Waals surface area contributed by atoms with E-state index in [0.29, 0.717) is 17.9 Å². The van der Waals surface area contributed by atoms with Crippen molar-refractivity contribution in [2.45, 2.75) is 17.7 Å². The molecule has 0 spiro atoms. The van der Waals surface area contributed by atoms with Crippen molar-refractivity contribution in [3.05, 3.63) is 62.6 Å². The minimum absolute atomic E-state index is 0.118. The summed E-state index contributed by atoms with van der Waals surface area (Å²) in [4.78, 5) is 23.2. The molecule has 126 valence electrons. The molecule has 0 aliphatic heterocycles. The van der Waals surface area contributed by atoms with Crippen LogP contribution in [0.25, 0.3) is 0 Å². The van der Waals surface area contributed by atoms with Crippen molar-refractivity contribution >= 4 is 52.2 Å². The Morgan fingerprint density at radius 3 is 2.54 bits per heavy atom. The lowest BCUT2D eigenvalue weighted by Crippen LogP contribution is -2.12. The maximum Gasteiger partial charge on any atom is 0.271 e. The molecule has 0 unspecified atom stereocenters. The zero-order valence-electron chi connectivity index (χ0n) is 12.5. The van der Waals surface area contributed by atoms with Crippen LogP contribution in [-0.2, 0) is 4.79 Å². The smallest absolute Gasteiger partial charge is 0.271 e. The fourth-order valence-electron chi connectivity index (χ4n) is 1.89. The lowest BCUT2D eigenvalue weighted by atomic mass is 10.2. The van der Waals surface area contributed by atoms with E-state index in [1.807, 2.05) is 24.3 Å². The highest BCUT2D eigenvalue weighted by atomic mass is 35.5. The summed E-state index contributed by atoms with van der Waals surface area (Å²) in [7, 11) is 0. The third-order valence-corrected chi connectivity index (χ3v) is 4.75. The minimum atomic E-state index is -0.533. The fourth-order valence-corrected chi connectivity index (χ4v) is 3.03. The minimum Gasteiger partial charge on any atom is -0.325 e. The number of nitrogens with zero attached hydrogens (tertiary/aromatic N) is 1. The molecule has 0 aromatic heterocycles. The number of anilines is 1. The van der Waals surface area contributed by atoms with E-state index < -0.39 is 4.92 Å². The van der Waals surface area contributed by atoms with E-state index in [-0.39, 0.29) is 22.3 Å². The zero-order chi connectivity index (χ0) is 17.5. The summed E-state index contributed by atoms with van der Waals surface area (Å²) in [6.07, 6.45) is 0.977. The molecule has 1 amide bonds. The highest BCUT2D eigenvalue weighted by molar-refractivity contribution is 7.99.